The molecule has 15 heterocycles. The van der Waals surface area contributed by atoms with Crippen LogP contribution in [0.3, 0.4) is 0 Å². The Labute approximate surface area is 835 Å². The van der Waals surface area contributed by atoms with Gasteiger partial charge in [-0.3, -0.25) is 14.1 Å². The van der Waals surface area contributed by atoms with Crippen molar-refractivity contribution in [1.82, 2.24) is 55.6 Å². The van der Waals surface area contributed by atoms with E-state index in [1.807, 2.05) is 36.9 Å². The summed E-state index contributed by atoms with van der Waals surface area (Å²) < 4.78 is 21.8. The van der Waals surface area contributed by atoms with E-state index in [9.17, 15) is 0 Å². The van der Waals surface area contributed by atoms with Gasteiger partial charge in [0.15, 0.2) is 0 Å². The maximum atomic E-state index is 4.87. The highest BCUT2D eigenvalue weighted by Crippen LogP contribution is 2.54. The van der Waals surface area contributed by atoms with Crippen molar-refractivity contribution in [2.75, 3.05) is 0 Å². The zero-order valence-corrected chi connectivity index (χ0v) is 78.9. The Morgan fingerprint density at radius 1 is 0.136 bits per heavy atom. The van der Waals surface area contributed by atoms with Crippen molar-refractivity contribution in [1.29, 1.82) is 0 Å². The van der Waals surface area contributed by atoms with Crippen LogP contribution in [0.1, 0.15) is 0 Å². The smallest absolute Gasteiger partial charge is 0.145 e. The van der Waals surface area contributed by atoms with Crippen molar-refractivity contribution in [2.45, 2.75) is 0 Å². The molecule has 15 aromatic heterocycles. The van der Waals surface area contributed by atoms with Gasteiger partial charge in [-0.05, 0) is 220 Å². The van der Waals surface area contributed by atoms with Gasteiger partial charge in [0.05, 0.1) is 111 Å². The summed E-state index contributed by atoms with van der Waals surface area (Å²) in [5, 5.41) is 38.2. The van der Waals surface area contributed by atoms with E-state index >= 15 is 0 Å². The topological polar surface area (TPSA) is 81.5 Å². The first kappa shape index (κ1) is 78.8. The Kier molecular flexibility index (Phi) is 15.7. The average Bonchev–Trinajstić information content (AvgIpc) is 1.52. The van der Waals surface area contributed by atoms with Crippen molar-refractivity contribution < 1.29 is 0 Å². The third kappa shape index (κ3) is 10.5. The van der Waals surface area contributed by atoms with Gasteiger partial charge in [-0.25, -0.2) is 9.97 Å². The van der Waals surface area contributed by atoms with Crippen molar-refractivity contribution >= 4 is 278 Å². The summed E-state index contributed by atoms with van der Waals surface area (Å²) >= 11 is 0. The molecule has 0 unspecified atom stereocenters. The Balaban J connectivity index is 0.0000000945. The highest BCUT2D eigenvalue weighted by molar-refractivity contribution is 6.43. The molecule has 36 rings (SSSR count). The van der Waals surface area contributed by atoms with Crippen LogP contribution in [0.4, 0.5) is 0 Å². The van der Waals surface area contributed by atoms with Gasteiger partial charge in [-0.1, -0.05) is 261 Å². The molecular weight excluding hydrogens is 1790 g/mol. The van der Waals surface area contributed by atoms with Gasteiger partial charge in [0, 0.05) is 182 Å². The van der Waals surface area contributed by atoms with E-state index in [0.717, 1.165) is 67.4 Å². The van der Waals surface area contributed by atoms with Crippen LogP contribution in [0.2, 0.25) is 0 Å². The molecule has 0 radical (unpaired) electrons. The SMILES string of the molecule is c1cc(-n2c3ccccc3c3c4c5c6ccccc6ccc5n5c6ccccc6c(cc32)c45)cc(-n2c3ccccc3c3cccnc32)c1.c1ccc2c(c1)ccc1c2c2c3c4ccccc4n(-c4ccc(-n5c6ccccc6c6cccnc65)cc4)c3cc3c4ccccc4n1c32.c1ccc2c(c1)ccc1c2c2c3c4ccccc4n(-c4ccc(-n5c6ccccc6c6ccncc65)cc4)c3cc3c4ccccc4n1c32. The van der Waals surface area contributed by atoms with Gasteiger partial charge in [0.1, 0.15) is 11.3 Å². The second-order valence-corrected chi connectivity index (χ2v) is 39.5. The van der Waals surface area contributed by atoms with E-state index in [2.05, 4.69) is 482 Å². The number of pyridine rings is 3. The predicted octanol–water partition coefficient (Wildman–Crippen LogP) is 34.7. The normalized spacial score (nSPS) is 12.5. The third-order valence-corrected chi connectivity index (χ3v) is 32.4. The summed E-state index contributed by atoms with van der Waals surface area (Å²) in [5.74, 6) is 0. The Morgan fingerprint density at radius 2 is 0.395 bits per heavy atom. The fourth-order valence-corrected chi connectivity index (χ4v) is 26.6. The number of fused-ring (bicyclic) bond motifs is 45. The lowest BCUT2D eigenvalue weighted by molar-refractivity contribution is 1.11. The number of nitrogens with zero attached hydrogens (tertiary/aromatic N) is 12. The number of aromatic nitrogens is 12. The molecule has 678 valence electrons. The van der Waals surface area contributed by atoms with Gasteiger partial charge in [-0.2, -0.15) is 0 Å². The minimum Gasteiger partial charge on any atom is -0.309 e. The molecule has 12 nitrogen and oxygen atoms in total. The predicted molar refractivity (Wildman–Crippen MR) is 615 cm³/mol. The van der Waals surface area contributed by atoms with Crippen LogP contribution in [-0.2, 0) is 0 Å². The van der Waals surface area contributed by atoms with E-state index in [0.29, 0.717) is 0 Å². The van der Waals surface area contributed by atoms with Gasteiger partial charge < -0.3 is 31.5 Å². The minimum absolute atomic E-state index is 0.967. The summed E-state index contributed by atoms with van der Waals surface area (Å²) in [5.41, 5.74) is 31.9. The molecule has 0 aliphatic rings. The first-order chi connectivity index (χ1) is 73.0. The van der Waals surface area contributed by atoms with E-state index < -0.39 is 0 Å². The lowest BCUT2D eigenvalue weighted by atomic mass is 9.98. The molecular formula is C135H78N12. The highest BCUT2D eigenvalue weighted by atomic mass is 15.1. The molecule has 0 aliphatic carbocycles. The molecule has 0 spiro atoms. The molecule has 0 fully saturated rings. The van der Waals surface area contributed by atoms with E-state index in [1.165, 1.54) is 244 Å². The van der Waals surface area contributed by atoms with Gasteiger partial charge in [-0.15, -0.1) is 0 Å². The second kappa shape index (κ2) is 29.4. The largest absolute Gasteiger partial charge is 0.309 e. The molecule has 0 aliphatic heterocycles. The Morgan fingerprint density at radius 3 is 0.769 bits per heavy atom. The number of benzene rings is 21. The first-order valence-corrected chi connectivity index (χ1v) is 50.4. The monoisotopic (exact) mass is 1870 g/mol. The Bertz CT molecular complexity index is 11500. The fourth-order valence-electron chi connectivity index (χ4n) is 26.6. The van der Waals surface area contributed by atoms with Crippen LogP contribution in [-0.4, -0.2) is 55.6 Å². The zero-order valence-electron chi connectivity index (χ0n) is 78.9. The molecule has 147 heavy (non-hydrogen) atoms. The Hall–Kier alpha value is -20.0. The lowest BCUT2D eigenvalue weighted by Gasteiger charge is -2.12. The van der Waals surface area contributed by atoms with Crippen LogP contribution in [0, 0.1) is 0 Å². The number of hydrogen-bond acceptors (Lipinski definition) is 3. The first-order valence-electron chi connectivity index (χ1n) is 50.4. The molecule has 0 N–H and O–H groups in total. The number of hydrogen-bond donors (Lipinski definition) is 0. The van der Waals surface area contributed by atoms with Crippen LogP contribution in [0.25, 0.3) is 312 Å². The molecule has 12 heteroatoms. The summed E-state index contributed by atoms with van der Waals surface area (Å²) in [6, 6.07) is 164. The van der Waals surface area contributed by atoms with Crippen molar-refractivity contribution in [3.63, 3.8) is 0 Å². The number of rotatable bonds is 6. The van der Waals surface area contributed by atoms with Crippen molar-refractivity contribution in [3.8, 4) is 34.1 Å². The molecule has 0 saturated heterocycles. The quantitative estimate of drug-likeness (QED) is 0.166. The van der Waals surface area contributed by atoms with Crippen molar-refractivity contribution in [2.24, 2.45) is 0 Å². The van der Waals surface area contributed by atoms with Gasteiger partial charge in [0.2, 0.25) is 0 Å². The number of para-hydroxylation sites is 9. The van der Waals surface area contributed by atoms with E-state index in [4.69, 9.17) is 9.97 Å². The highest BCUT2D eigenvalue weighted by Gasteiger charge is 2.32. The average molecular weight is 1870 g/mol. The molecule has 0 amide bonds. The summed E-state index contributed by atoms with van der Waals surface area (Å²) in [6.45, 7) is 0. The van der Waals surface area contributed by atoms with E-state index in [-0.39, 0.29) is 0 Å². The maximum absolute atomic E-state index is 4.87. The summed E-state index contributed by atoms with van der Waals surface area (Å²) in [7, 11) is 0. The van der Waals surface area contributed by atoms with Crippen LogP contribution in [0.15, 0.2) is 474 Å². The van der Waals surface area contributed by atoms with Crippen molar-refractivity contribution in [3.05, 3.63) is 474 Å². The molecule has 0 saturated carbocycles. The molecule has 0 atom stereocenters. The standard InChI is InChI=1S/3C45H26N4/c1-2-14-30-27(11-1)22-23-39-41(30)43-42-34-17-5-8-21-38(34)47(40(42)26-35-32-16-4-7-20-37(32)49(39)44(35)43)28-12-9-13-29(25-28)48-36-19-6-3-15-31(36)33-18-10-24-46-45(33)48;1-2-11-30-27(10-1)19-24-39-41(30)43-42-34-14-5-8-18-38(34)47(40(42)26-35-32-13-4-7-17-37(32)49(39)44(35)43)28-20-22-29(23-21-28)48-36-16-6-3-12-31(36)33-15-9-25-46-45(33)48;1-2-10-30-27(9-1)17-22-39-42(30)44-43-34-13-5-8-16-38(34)47(40(43)25-35-32-12-4-7-15-37(32)49(39)45(35)44)28-18-20-29(21-19-28)48-36-14-6-3-11-31(36)33-23-24-46-26-41(33)48/h3*1-26H. The van der Waals surface area contributed by atoms with Crippen LogP contribution >= 0.6 is 0 Å². The summed E-state index contributed by atoms with van der Waals surface area (Å²) in [6.07, 6.45) is 7.63. The zero-order chi connectivity index (χ0) is 95.4. The van der Waals surface area contributed by atoms with Crippen LogP contribution in [0.5, 0.6) is 0 Å². The fraction of sp³-hybridized carbons (Fsp3) is 0. The van der Waals surface area contributed by atoms with Gasteiger partial charge in [0.25, 0.3) is 0 Å². The molecule has 36 aromatic rings. The third-order valence-electron chi connectivity index (χ3n) is 32.4. The van der Waals surface area contributed by atoms with Gasteiger partial charge >= 0.3 is 0 Å². The maximum Gasteiger partial charge on any atom is 0.145 e. The second-order valence-electron chi connectivity index (χ2n) is 39.5. The summed E-state index contributed by atoms with van der Waals surface area (Å²) in [4.78, 5) is 14.2. The van der Waals surface area contributed by atoms with E-state index in [1.54, 1.807) is 0 Å². The minimum atomic E-state index is 0.967. The van der Waals surface area contributed by atoms with Crippen LogP contribution < -0.4 is 0 Å². The lowest BCUT2D eigenvalue weighted by Crippen LogP contribution is -1.99. The molecule has 0 bridgehead atoms. The molecule has 21 aromatic carbocycles.